The SMILES string of the molecule is COCc1nc(N2CC(C)SC(C)C2)sc1CNC1CC1. The van der Waals surface area contributed by atoms with Gasteiger partial charge in [-0.05, 0) is 12.8 Å². The van der Waals surface area contributed by atoms with E-state index in [1.54, 1.807) is 7.11 Å². The molecular formula is C15H25N3OS2. The van der Waals surface area contributed by atoms with Gasteiger partial charge >= 0.3 is 0 Å². The van der Waals surface area contributed by atoms with Crippen molar-refractivity contribution < 1.29 is 4.74 Å². The summed E-state index contributed by atoms with van der Waals surface area (Å²) in [6, 6.07) is 0.734. The molecule has 0 radical (unpaired) electrons. The highest BCUT2D eigenvalue weighted by molar-refractivity contribution is 8.00. The molecule has 2 aliphatic rings. The van der Waals surface area contributed by atoms with Gasteiger partial charge in [0.25, 0.3) is 0 Å². The molecule has 1 aliphatic carbocycles. The molecule has 4 nitrogen and oxygen atoms in total. The maximum atomic E-state index is 5.33. The van der Waals surface area contributed by atoms with Crippen LogP contribution in [0.15, 0.2) is 0 Å². The second kappa shape index (κ2) is 6.86. The molecule has 1 aromatic rings. The normalized spacial score (nSPS) is 26.3. The van der Waals surface area contributed by atoms with Gasteiger partial charge in [0, 0.05) is 48.2 Å². The largest absolute Gasteiger partial charge is 0.378 e. The number of hydrogen-bond donors (Lipinski definition) is 1. The summed E-state index contributed by atoms with van der Waals surface area (Å²) >= 11 is 3.92. The minimum atomic E-state index is 0.617. The Morgan fingerprint density at radius 3 is 2.62 bits per heavy atom. The van der Waals surface area contributed by atoms with E-state index in [-0.39, 0.29) is 0 Å². The zero-order valence-corrected chi connectivity index (χ0v) is 14.7. The standard InChI is InChI=1S/C15H25N3OS2/c1-10-7-18(8-11(2)20-10)15-17-13(9-19-3)14(21-15)6-16-12-4-5-12/h10-12,16H,4-9H2,1-3H3. The number of methoxy groups -OCH3 is 1. The van der Waals surface area contributed by atoms with Crippen LogP contribution in [0.1, 0.15) is 37.3 Å². The zero-order chi connectivity index (χ0) is 14.8. The highest BCUT2D eigenvalue weighted by atomic mass is 32.2. The maximum Gasteiger partial charge on any atom is 0.185 e. The first-order valence-corrected chi connectivity index (χ1v) is 9.53. The average Bonchev–Trinajstić information content (AvgIpc) is 3.17. The predicted octanol–water partition coefficient (Wildman–Crippen LogP) is 2.87. The lowest BCUT2D eigenvalue weighted by Crippen LogP contribution is -2.40. The van der Waals surface area contributed by atoms with Crippen molar-refractivity contribution in [3.05, 3.63) is 10.6 Å². The zero-order valence-electron chi connectivity index (χ0n) is 13.1. The van der Waals surface area contributed by atoms with Gasteiger partial charge in [0.1, 0.15) is 0 Å². The first kappa shape index (κ1) is 15.6. The number of thioether (sulfide) groups is 1. The molecule has 1 saturated carbocycles. The molecule has 0 aromatic carbocycles. The minimum absolute atomic E-state index is 0.617. The third-order valence-corrected chi connectivity index (χ3v) is 6.25. The summed E-state index contributed by atoms with van der Waals surface area (Å²) in [6.07, 6.45) is 2.65. The third kappa shape index (κ3) is 4.12. The summed E-state index contributed by atoms with van der Waals surface area (Å²) in [4.78, 5) is 8.66. The molecule has 0 spiro atoms. The van der Waals surface area contributed by atoms with E-state index < -0.39 is 0 Å². The van der Waals surface area contributed by atoms with E-state index in [0.29, 0.717) is 17.1 Å². The van der Waals surface area contributed by atoms with Gasteiger partial charge in [0.2, 0.25) is 0 Å². The molecule has 118 valence electrons. The van der Waals surface area contributed by atoms with Gasteiger partial charge in [0.05, 0.1) is 12.3 Å². The van der Waals surface area contributed by atoms with Crippen molar-refractivity contribution in [1.29, 1.82) is 0 Å². The molecular weight excluding hydrogens is 302 g/mol. The van der Waals surface area contributed by atoms with Crippen LogP contribution in [0.25, 0.3) is 0 Å². The summed E-state index contributed by atoms with van der Waals surface area (Å²) in [6.45, 7) is 8.38. The second-order valence-electron chi connectivity index (χ2n) is 6.12. The van der Waals surface area contributed by atoms with Crippen LogP contribution in [-0.4, -0.2) is 41.7 Å². The summed E-state index contributed by atoms with van der Waals surface area (Å²) < 4.78 is 5.33. The van der Waals surface area contributed by atoms with Crippen molar-refractivity contribution in [2.75, 3.05) is 25.1 Å². The molecule has 3 rings (SSSR count). The lowest BCUT2D eigenvalue weighted by Gasteiger charge is -2.34. The Labute approximate surface area is 135 Å². The van der Waals surface area contributed by atoms with Crippen molar-refractivity contribution in [3.63, 3.8) is 0 Å². The van der Waals surface area contributed by atoms with E-state index in [0.717, 1.165) is 31.4 Å². The van der Waals surface area contributed by atoms with Crippen LogP contribution < -0.4 is 10.2 Å². The fourth-order valence-electron chi connectivity index (χ4n) is 2.75. The molecule has 0 amide bonds. The van der Waals surface area contributed by atoms with Gasteiger partial charge in [-0.2, -0.15) is 11.8 Å². The van der Waals surface area contributed by atoms with Crippen LogP contribution in [0, 0.1) is 0 Å². The first-order chi connectivity index (χ1) is 10.2. The molecule has 1 saturated heterocycles. The quantitative estimate of drug-likeness (QED) is 0.869. The lowest BCUT2D eigenvalue weighted by atomic mass is 10.3. The van der Waals surface area contributed by atoms with Crippen LogP contribution in [0.4, 0.5) is 5.13 Å². The molecule has 2 unspecified atom stereocenters. The van der Waals surface area contributed by atoms with Gasteiger partial charge < -0.3 is 15.0 Å². The van der Waals surface area contributed by atoms with Crippen LogP contribution in [0.5, 0.6) is 0 Å². The Balaban J connectivity index is 1.72. The summed E-state index contributed by atoms with van der Waals surface area (Å²) in [7, 11) is 1.75. The topological polar surface area (TPSA) is 37.4 Å². The van der Waals surface area contributed by atoms with E-state index in [2.05, 4.69) is 35.8 Å². The number of thiazole rings is 1. The highest BCUT2D eigenvalue weighted by Crippen LogP contribution is 2.33. The van der Waals surface area contributed by atoms with E-state index >= 15 is 0 Å². The van der Waals surface area contributed by atoms with Gasteiger partial charge in [0.15, 0.2) is 5.13 Å². The predicted molar refractivity (Wildman–Crippen MR) is 91.4 cm³/mol. The number of nitrogens with one attached hydrogen (secondary N) is 1. The number of rotatable bonds is 6. The third-order valence-electron chi connectivity index (χ3n) is 3.87. The Kier molecular flexibility index (Phi) is 5.09. The Hall–Kier alpha value is -0.300. The van der Waals surface area contributed by atoms with Crippen molar-refractivity contribution in [1.82, 2.24) is 10.3 Å². The molecule has 1 aliphatic heterocycles. The molecule has 1 N–H and O–H groups in total. The maximum absolute atomic E-state index is 5.33. The second-order valence-corrected chi connectivity index (χ2v) is 9.06. The molecule has 2 atom stereocenters. The van der Waals surface area contributed by atoms with Crippen LogP contribution in [0.2, 0.25) is 0 Å². The number of ether oxygens (including phenoxy) is 1. The van der Waals surface area contributed by atoms with Crippen molar-refractivity contribution in [3.8, 4) is 0 Å². The van der Waals surface area contributed by atoms with E-state index in [9.17, 15) is 0 Å². The van der Waals surface area contributed by atoms with E-state index in [4.69, 9.17) is 9.72 Å². The Morgan fingerprint density at radius 1 is 1.29 bits per heavy atom. The summed E-state index contributed by atoms with van der Waals surface area (Å²) in [5, 5.41) is 6.13. The first-order valence-electron chi connectivity index (χ1n) is 7.77. The number of hydrogen-bond acceptors (Lipinski definition) is 6. The van der Waals surface area contributed by atoms with Gasteiger partial charge in [-0.15, -0.1) is 11.3 Å². The van der Waals surface area contributed by atoms with Crippen molar-refractivity contribution in [2.45, 2.75) is 56.4 Å². The summed E-state index contributed by atoms with van der Waals surface area (Å²) in [5.74, 6) is 0. The van der Waals surface area contributed by atoms with Crippen LogP contribution in [-0.2, 0) is 17.9 Å². The van der Waals surface area contributed by atoms with Crippen LogP contribution in [0.3, 0.4) is 0 Å². The van der Waals surface area contributed by atoms with Gasteiger partial charge in [-0.1, -0.05) is 13.8 Å². The molecule has 0 bridgehead atoms. The summed E-state index contributed by atoms with van der Waals surface area (Å²) in [5.41, 5.74) is 1.11. The number of anilines is 1. The molecule has 6 heteroatoms. The molecule has 2 fully saturated rings. The van der Waals surface area contributed by atoms with Gasteiger partial charge in [-0.3, -0.25) is 0 Å². The highest BCUT2D eigenvalue weighted by Gasteiger charge is 2.26. The number of aromatic nitrogens is 1. The minimum Gasteiger partial charge on any atom is -0.378 e. The van der Waals surface area contributed by atoms with Crippen LogP contribution >= 0.6 is 23.1 Å². The van der Waals surface area contributed by atoms with Gasteiger partial charge in [-0.25, -0.2) is 4.98 Å². The molecule has 2 heterocycles. The van der Waals surface area contributed by atoms with E-state index in [1.807, 2.05) is 11.3 Å². The molecule has 1 aromatic heterocycles. The fourth-order valence-corrected chi connectivity index (χ4v) is 5.11. The monoisotopic (exact) mass is 327 g/mol. The van der Waals surface area contributed by atoms with Crippen molar-refractivity contribution >= 4 is 28.2 Å². The Morgan fingerprint density at radius 2 is 2.00 bits per heavy atom. The smallest absolute Gasteiger partial charge is 0.185 e. The average molecular weight is 328 g/mol. The number of nitrogens with zero attached hydrogens (tertiary/aromatic N) is 2. The fraction of sp³-hybridized carbons (Fsp3) is 0.800. The molecule has 21 heavy (non-hydrogen) atoms. The van der Waals surface area contributed by atoms with Crippen molar-refractivity contribution in [2.24, 2.45) is 0 Å². The van der Waals surface area contributed by atoms with E-state index in [1.165, 1.54) is 22.9 Å². The lowest BCUT2D eigenvalue weighted by molar-refractivity contribution is 0.181. The Bertz CT molecular complexity index is 465.